The van der Waals surface area contributed by atoms with E-state index in [1.54, 1.807) is 0 Å². The van der Waals surface area contributed by atoms with Crippen molar-refractivity contribution in [3.63, 3.8) is 0 Å². The molecule has 114 valence electrons. The van der Waals surface area contributed by atoms with Gasteiger partial charge in [0.1, 0.15) is 5.02 Å². The van der Waals surface area contributed by atoms with Gasteiger partial charge in [-0.2, -0.15) is 0 Å². The molecule has 0 unspecified atom stereocenters. The van der Waals surface area contributed by atoms with Crippen LogP contribution in [0, 0.1) is 10.1 Å². The lowest BCUT2D eigenvalue weighted by atomic mass is 10.2. The summed E-state index contributed by atoms with van der Waals surface area (Å²) in [6.45, 7) is 0. The number of carboxylic acid groups (broad SMARTS) is 1. The number of rotatable bonds is 4. The Kier molecular flexibility index (Phi) is 4.16. The lowest BCUT2D eigenvalue weighted by Crippen LogP contribution is -2.04. The molecule has 0 fully saturated rings. The molecule has 0 saturated heterocycles. The highest BCUT2D eigenvalue weighted by Gasteiger charge is 2.22. The minimum atomic E-state index is -4.01. The molecule has 0 amide bonds. The van der Waals surface area contributed by atoms with Crippen molar-refractivity contribution < 1.29 is 23.2 Å². The zero-order valence-electron chi connectivity index (χ0n) is 10.8. The lowest BCUT2D eigenvalue weighted by Gasteiger charge is -2.05. The summed E-state index contributed by atoms with van der Waals surface area (Å²) in [7, 11) is -4.01. The van der Waals surface area contributed by atoms with Gasteiger partial charge in [0, 0.05) is 6.07 Å². The van der Waals surface area contributed by atoms with Crippen molar-refractivity contribution >= 4 is 33.1 Å². The predicted molar refractivity (Wildman–Crippen MR) is 77.0 cm³/mol. The molecule has 0 bridgehead atoms. The zero-order chi connectivity index (χ0) is 16.5. The number of carboxylic acids is 1. The molecular formula is C13H8ClNO6S. The Bertz CT molecular complexity index is 861. The number of nitrogens with zero attached hydrogens (tertiary/aromatic N) is 1. The normalized spacial score (nSPS) is 11.1. The molecular weight excluding hydrogens is 334 g/mol. The average Bonchev–Trinajstić information content (AvgIpc) is 2.47. The van der Waals surface area contributed by atoms with Crippen LogP contribution < -0.4 is 0 Å². The van der Waals surface area contributed by atoms with Crippen LogP contribution in [0.25, 0.3) is 0 Å². The minimum absolute atomic E-state index is 0.0685. The van der Waals surface area contributed by atoms with Crippen LogP contribution in [-0.2, 0) is 9.84 Å². The van der Waals surface area contributed by atoms with Crippen LogP contribution in [0.4, 0.5) is 5.69 Å². The van der Waals surface area contributed by atoms with Crippen molar-refractivity contribution in [3.05, 3.63) is 63.2 Å². The van der Waals surface area contributed by atoms with Gasteiger partial charge in [0.15, 0.2) is 0 Å². The molecule has 0 aliphatic carbocycles. The number of hydrogen-bond donors (Lipinski definition) is 1. The van der Waals surface area contributed by atoms with Gasteiger partial charge in [-0.15, -0.1) is 0 Å². The molecule has 0 spiro atoms. The molecule has 1 N–H and O–H groups in total. The molecule has 2 aromatic rings. The highest BCUT2D eigenvalue weighted by molar-refractivity contribution is 7.91. The number of benzene rings is 2. The van der Waals surface area contributed by atoms with E-state index >= 15 is 0 Å². The van der Waals surface area contributed by atoms with Crippen LogP contribution in [0.2, 0.25) is 5.02 Å². The number of nitro benzene ring substituents is 1. The monoisotopic (exact) mass is 341 g/mol. The molecule has 2 rings (SSSR count). The molecule has 2 aromatic carbocycles. The van der Waals surface area contributed by atoms with E-state index in [2.05, 4.69) is 0 Å². The smallest absolute Gasteiger partial charge is 0.335 e. The van der Waals surface area contributed by atoms with E-state index in [1.807, 2.05) is 0 Å². The number of sulfone groups is 1. The first-order valence-corrected chi connectivity index (χ1v) is 7.62. The van der Waals surface area contributed by atoms with Crippen molar-refractivity contribution in [2.75, 3.05) is 0 Å². The third kappa shape index (κ3) is 2.92. The molecule has 9 heteroatoms. The van der Waals surface area contributed by atoms with Gasteiger partial charge in [-0.1, -0.05) is 11.6 Å². The van der Waals surface area contributed by atoms with Crippen LogP contribution in [-0.4, -0.2) is 24.4 Å². The van der Waals surface area contributed by atoms with E-state index in [9.17, 15) is 23.3 Å². The van der Waals surface area contributed by atoms with Crippen LogP contribution in [0.5, 0.6) is 0 Å². The molecule has 0 aliphatic heterocycles. The molecule has 0 heterocycles. The molecule has 0 aliphatic rings. The maximum Gasteiger partial charge on any atom is 0.335 e. The Morgan fingerprint density at radius 3 is 2.14 bits per heavy atom. The SMILES string of the molecule is O=C(O)c1ccc(S(=O)(=O)c2ccc(Cl)c([N+](=O)[O-])c2)cc1. The van der Waals surface area contributed by atoms with Crippen molar-refractivity contribution in [2.45, 2.75) is 9.79 Å². The van der Waals surface area contributed by atoms with Crippen molar-refractivity contribution in [3.8, 4) is 0 Å². The molecule has 7 nitrogen and oxygen atoms in total. The second-order valence-corrected chi connectivity index (χ2v) is 6.56. The lowest BCUT2D eigenvalue weighted by molar-refractivity contribution is -0.384. The van der Waals surface area contributed by atoms with E-state index in [1.165, 1.54) is 0 Å². The van der Waals surface area contributed by atoms with Gasteiger partial charge >= 0.3 is 5.97 Å². The molecule has 0 saturated carbocycles. The number of carbonyl (C=O) groups is 1. The molecule has 0 aromatic heterocycles. The summed E-state index contributed by atoms with van der Waals surface area (Å²) in [6, 6.07) is 7.66. The van der Waals surface area contributed by atoms with Crippen LogP contribution >= 0.6 is 11.6 Å². The zero-order valence-corrected chi connectivity index (χ0v) is 12.3. The topological polar surface area (TPSA) is 115 Å². The summed E-state index contributed by atoms with van der Waals surface area (Å²) in [5.41, 5.74) is -0.592. The van der Waals surface area contributed by atoms with E-state index < -0.39 is 26.4 Å². The van der Waals surface area contributed by atoms with Crippen LogP contribution in [0.15, 0.2) is 52.3 Å². The maximum absolute atomic E-state index is 12.4. The van der Waals surface area contributed by atoms with Crippen molar-refractivity contribution in [1.29, 1.82) is 0 Å². The summed E-state index contributed by atoms with van der Waals surface area (Å²) in [4.78, 5) is 20.3. The quantitative estimate of drug-likeness (QED) is 0.675. The first-order chi connectivity index (χ1) is 10.2. The van der Waals surface area contributed by atoms with Gasteiger partial charge in [0.25, 0.3) is 5.69 Å². The molecule has 0 atom stereocenters. The van der Waals surface area contributed by atoms with Gasteiger partial charge in [0.05, 0.1) is 20.3 Å². The second-order valence-electron chi connectivity index (χ2n) is 4.20. The summed E-state index contributed by atoms with van der Waals surface area (Å²) in [5.74, 6) is -1.19. The number of hydrogen-bond acceptors (Lipinski definition) is 5. The van der Waals surface area contributed by atoms with Gasteiger partial charge in [-0.3, -0.25) is 10.1 Å². The van der Waals surface area contributed by atoms with Crippen LogP contribution in [0.3, 0.4) is 0 Å². The fourth-order valence-corrected chi connectivity index (χ4v) is 3.18. The van der Waals surface area contributed by atoms with E-state index in [0.717, 1.165) is 42.5 Å². The third-order valence-corrected chi connectivity index (χ3v) is 4.92. The van der Waals surface area contributed by atoms with Crippen molar-refractivity contribution in [1.82, 2.24) is 0 Å². The average molecular weight is 342 g/mol. The Morgan fingerprint density at radius 2 is 1.64 bits per heavy atom. The Labute approximate surface area is 129 Å². The Hall–Kier alpha value is -2.45. The summed E-state index contributed by atoms with van der Waals surface area (Å²) < 4.78 is 24.8. The highest BCUT2D eigenvalue weighted by atomic mass is 35.5. The fourth-order valence-electron chi connectivity index (χ4n) is 1.71. The first-order valence-electron chi connectivity index (χ1n) is 5.76. The van der Waals surface area contributed by atoms with Gasteiger partial charge in [-0.25, -0.2) is 13.2 Å². The summed E-state index contributed by atoms with van der Waals surface area (Å²) in [5, 5.41) is 19.4. The second kappa shape index (κ2) is 5.74. The Balaban J connectivity index is 2.53. The van der Waals surface area contributed by atoms with Gasteiger partial charge in [-0.05, 0) is 36.4 Å². The molecule has 0 radical (unpaired) electrons. The fraction of sp³-hybridized carbons (Fsp3) is 0. The highest BCUT2D eigenvalue weighted by Crippen LogP contribution is 2.30. The minimum Gasteiger partial charge on any atom is -0.478 e. The first kappa shape index (κ1) is 15.9. The van der Waals surface area contributed by atoms with Crippen LogP contribution in [0.1, 0.15) is 10.4 Å². The van der Waals surface area contributed by atoms with E-state index in [0.29, 0.717) is 0 Å². The predicted octanol–water partition coefficient (Wildman–Crippen LogP) is 2.78. The summed E-state index contributed by atoms with van der Waals surface area (Å²) >= 11 is 5.64. The van der Waals surface area contributed by atoms with E-state index in [4.69, 9.17) is 16.7 Å². The third-order valence-electron chi connectivity index (χ3n) is 2.84. The van der Waals surface area contributed by atoms with E-state index in [-0.39, 0.29) is 20.4 Å². The summed E-state index contributed by atoms with van der Waals surface area (Å²) in [6.07, 6.45) is 0. The molecule has 22 heavy (non-hydrogen) atoms. The van der Waals surface area contributed by atoms with Gasteiger partial charge < -0.3 is 5.11 Å². The maximum atomic E-state index is 12.4. The van der Waals surface area contributed by atoms with Crippen molar-refractivity contribution in [2.24, 2.45) is 0 Å². The number of halogens is 1. The largest absolute Gasteiger partial charge is 0.478 e. The van der Waals surface area contributed by atoms with Gasteiger partial charge in [0.2, 0.25) is 9.84 Å². The number of aromatic carboxylic acids is 1. The number of nitro groups is 1. The Morgan fingerprint density at radius 1 is 1.09 bits per heavy atom. The standard InChI is InChI=1S/C13H8ClNO6S/c14-11-6-5-10(7-12(11)15(18)19)22(20,21)9-3-1-8(2-4-9)13(16)17/h1-7H,(H,16,17).